The van der Waals surface area contributed by atoms with Gasteiger partial charge in [0.15, 0.2) is 0 Å². The number of carbonyl (C=O) groups is 1. The lowest BCUT2D eigenvalue weighted by atomic mass is 9.98. The van der Waals surface area contributed by atoms with Gasteiger partial charge in [0, 0.05) is 11.3 Å². The van der Waals surface area contributed by atoms with Gasteiger partial charge in [0.05, 0.1) is 0 Å². The van der Waals surface area contributed by atoms with Crippen LogP contribution < -0.4 is 0 Å². The zero-order valence-electron chi connectivity index (χ0n) is 9.24. The molecule has 0 aliphatic carbocycles. The van der Waals surface area contributed by atoms with Crippen molar-refractivity contribution < 1.29 is 9.90 Å². The van der Waals surface area contributed by atoms with Crippen molar-refractivity contribution in [3.63, 3.8) is 0 Å². The molecule has 0 saturated heterocycles. The Kier molecular flexibility index (Phi) is 3.88. The number of fused-ring (bicyclic) bond motifs is 1. The molecule has 0 aromatic heterocycles. The van der Waals surface area contributed by atoms with E-state index in [4.69, 9.17) is 5.11 Å². The summed E-state index contributed by atoms with van der Waals surface area (Å²) in [5, 5.41) is 8.63. The SMILES string of the molecule is O=C(O)CCCc1cccc2c1CCCS2. The maximum atomic E-state index is 10.5. The van der Waals surface area contributed by atoms with Gasteiger partial charge in [0.25, 0.3) is 0 Å². The van der Waals surface area contributed by atoms with Gasteiger partial charge in [-0.3, -0.25) is 4.79 Å². The third-order valence-electron chi connectivity index (χ3n) is 2.90. The van der Waals surface area contributed by atoms with E-state index < -0.39 is 5.97 Å². The maximum absolute atomic E-state index is 10.5. The van der Waals surface area contributed by atoms with E-state index in [1.165, 1.54) is 28.2 Å². The zero-order valence-corrected chi connectivity index (χ0v) is 10.1. The summed E-state index contributed by atoms with van der Waals surface area (Å²) < 4.78 is 0. The van der Waals surface area contributed by atoms with Crippen LogP contribution in [0.4, 0.5) is 0 Å². The lowest BCUT2D eigenvalue weighted by molar-refractivity contribution is -0.137. The monoisotopic (exact) mass is 236 g/mol. The number of benzene rings is 1. The molecule has 1 aliphatic heterocycles. The highest BCUT2D eigenvalue weighted by Gasteiger charge is 2.13. The molecule has 2 nitrogen and oxygen atoms in total. The third-order valence-corrected chi connectivity index (χ3v) is 4.08. The van der Waals surface area contributed by atoms with Gasteiger partial charge in [0.2, 0.25) is 0 Å². The van der Waals surface area contributed by atoms with Gasteiger partial charge in [-0.2, -0.15) is 0 Å². The van der Waals surface area contributed by atoms with Crippen LogP contribution in [0.15, 0.2) is 23.1 Å². The van der Waals surface area contributed by atoms with Gasteiger partial charge in [-0.15, -0.1) is 11.8 Å². The third kappa shape index (κ3) is 2.79. The first kappa shape index (κ1) is 11.5. The highest BCUT2D eigenvalue weighted by atomic mass is 32.2. The average Bonchev–Trinajstić information content (AvgIpc) is 2.29. The second kappa shape index (κ2) is 5.39. The van der Waals surface area contributed by atoms with Gasteiger partial charge < -0.3 is 5.11 Å². The van der Waals surface area contributed by atoms with Crippen LogP contribution in [-0.2, 0) is 17.6 Å². The molecule has 0 atom stereocenters. The van der Waals surface area contributed by atoms with Gasteiger partial charge in [0.1, 0.15) is 0 Å². The first-order valence-electron chi connectivity index (χ1n) is 5.73. The molecule has 1 N–H and O–H groups in total. The van der Waals surface area contributed by atoms with Crippen LogP contribution in [-0.4, -0.2) is 16.8 Å². The van der Waals surface area contributed by atoms with E-state index in [0.29, 0.717) is 0 Å². The summed E-state index contributed by atoms with van der Waals surface area (Å²) in [6, 6.07) is 6.42. The number of thioether (sulfide) groups is 1. The molecule has 16 heavy (non-hydrogen) atoms. The second-order valence-corrected chi connectivity index (χ2v) is 5.23. The lowest BCUT2D eigenvalue weighted by Gasteiger charge is -2.18. The van der Waals surface area contributed by atoms with Crippen LogP contribution in [0.5, 0.6) is 0 Å². The molecule has 0 spiro atoms. The fraction of sp³-hybridized carbons (Fsp3) is 0.462. The molecule has 86 valence electrons. The quantitative estimate of drug-likeness (QED) is 0.872. The Labute approximate surface area is 100 Å². The van der Waals surface area contributed by atoms with Crippen molar-refractivity contribution in [3.8, 4) is 0 Å². The van der Waals surface area contributed by atoms with Gasteiger partial charge in [-0.1, -0.05) is 12.1 Å². The molecule has 0 amide bonds. The molecule has 0 saturated carbocycles. The minimum absolute atomic E-state index is 0.275. The molecule has 0 radical (unpaired) electrons. The van der Waals surface area contributed by atoms with Crippen LogP contribution in [0, 0.1) is 0 Å². The highest BCUT2D eigenvalue weighted by molar-refractivity contribution is 7.99. The minimum atomic E-state index is -0.695. The topological polar surface area (TPSA) is 37.3 Å². The van der Waals surface area contributed by atoms with Gasteiger partial charge in [-0.05, 0) is 48.6 Å². The summed E-state index contributed by atoms with van der Waals surface area (Å²) in [7, 11) is 0. The smallest absolute Gasteiger partial charge is 0.303 e. The molecule has 1 heterocycles. The summed E-state index contributed by atoms with van der Waals surface area (Å²) in [6.45, 7) is 0. The van der Waals surface area contributed by atoms with Crippen LogP contribution in [0.2, 0.25) is 0 Å². The normalized spacial score (nSPS) is 14.5. The summed E-state index contributed by atoms with van der Waals surface area (Å²) >= 11 is 1.93. The van der Waals surface area contributed by atoms with Gasteiger partial charge >= 0.3 is 5.97 Å². The van der Waals surface area contributed by atoms with Crippen LogP contribution in [0.1, 0.15) is 30.4 Å². The van der Waals surface area contributed by atoms with Crippen LogP contribution in [0.3, 0.4) is 0 Å². The Balaban J connectivity index is 2.05. The van der Waals surface area contributed by atoms with Crippen molar-refractivity contribution >= 4 is 17.7 Å². The van der Waals surface area contributed by atoms with Crippen molar-refractivity contribution in [1.29, 1.82) is 0 Å². The van der Waals surface area contributed by atoms with E-state index in [0.717, 1.165) is 19.3 Å². The molecule has 0 unspecified atom stereocenters. The van der Waals surface area contributed by atoms with Crippen molar-refractivity contribution in [1.82, 2.24) is 0 Å². The lowest BCUT2D eigenvalue weighted by Crippen LogP contribution is -2.04. The number of aryl methyl sites for hydroxylation is 1. The van der Waals surface area contributed by atoms with E-state index in [2.05, 4.69) is 18.2 Å². The number of carboxylic acids is 1. The molecule has 1 aromatic rings. The van der Waals surface area contributed by atoms with E-state index in [1.54, 1.807) is 0 Å². The average molecular weight is 236 g/mol. The molecule has 2 rings (SSSR count). The van der Waals surface area contributed by atoms with Crippen molar-refractivity contribution in [2.24, 2.45) is 0 Å². The predicted molar refractivity (Wildman–Crippen MR) is 66.1 cm³/mol. The Hall–Kier alpha value is -0.960. The van der Waals surface area contributed by atoms with E-state index >= 15 is 0 Å². The number of rotatable bonds is 4. The Bertz CT molecular complexity index is 388. The largest absolute Gasteiger partial charge is 0.481 e. The van der Waals surface area contributed by atoms with E-state index in [-0.39, 0.29) is 6.42 Å². The maximum Gasteiger partial charge on any atom is 0.303 e. The molecule has 0 fully saturated rings. The van der Waals surface area contributed by atoms with Crippen molar-refractivity contribution in [2.75, 3.05) is 5.75 Å². The predicted octanol–water partition coefficient (Wildman–Crippen LogP) is 3.13. The van der Waals surface area contributed by atoms with Crippen LogP contribution in [0.25, 0.3) is 0 Å². The summed E-state index contributed by atoms with van der Waals surface area (Å²) in [5.41, 5.74) is 2.81. The summed E-state index contributed by atoms with van der Waals surface area (Å²) in [4.78, 5) is 11.9. The molecular formula is C13H16O2S. The second-order valence-electron chi connectivity index (χ2n) is 4.09. The summed E-state index contributed by atoms with van der Waals surface area (Å²) in [6.07, 6.45) is 4.32. The van der Waals surface area contributed by atoms with Crippen molar-refractivity contribution in [3.05, 3.63) is 29.3 Å². The Morgan fingerprint density at radius 2 is 2.31 bits per heavy atom. The Morgan fingerprint density at radius 3 is 3.12 bits per heavy atom. The first-order valence-corrected chi connectivity index (χ1v) is 6.71. The fourth-order valence-electron chi connectivity index (χ4n) is 2.13. The van der Waals surface area contributed by atoms with E-state index in [1.807, 2.05) is 11.8 Å². The van der Waals surface area contributed by atoms with Crippen molar-refractivity contribution in [2.45, 2.75) is 37.0 Å². The number of hydrogen-bond donors (Lipinski definition) is 1. The summed E-state index contributed by atoms with van der Waals surface area (Å²) in [5.74, 6) is 0.519. The molecule has 1 aliphatic rings. The molecule has 3 heteroatoms. The van der Waals surface area contributed by atoms with Crippen LogP contribution >= 0.6 is 11.8 Å². The van der Waals surface area contributed by atoms with E-state index in [9.17, 15) is 4.79 Å². The number of carboxylic acid groups (broad SMARTS) is 1. The molecule has 1 aromatic carbocycles. The Morgan fingerprint density at radius 1 is 1.44 bits per heavy atom. The van der Waals surface area contributed by atoms with Gasteiger partial charge in [-0.25, -0.2) is 0 Å². The fourth-order valence-corrected chi connectivity index (χ4v) is 3.22. The number of hydrogen-bond acceptors (Lipinski definition) is 2. The first-order chi connectivity index (χ1) is 7.77. The standard InChI is InChI=1S/C13H16O2S/c14-13(15)8-2-5-10-4-1-7-12-11(10)6-3-9-16-12/h1,4,7H,2-3,5-6,8-9H2,(H,14,15). The molecular weight excluding hydrogens is 220 g/mol. The number of aliphatic carboxylic acids is 1. The zero-order chi connectivity index (χ0) is 11.4. The highest BCUT2D eigenvalue weighted by Crippen LogP contribution is 2.32. The molecule has 0 bridgehead atoms. The minimum Gasteiger partial charge on any atom is -0.481 e.